The van der Waals surface area contributed by atoms with Gasteiger partial charge in [0.15, 0.2) is 0 Å². The van der Waals surface area contributed by atoms with E-state index in [1.165, 1.54) is 16.0 Å². The lowest BCUT2D eigenvalue weighted by Gasteiger charge is -2.14. The SMILES string of the molecule is C[C@@H]1c2ccc(F)cc2CSc2ccccc21. The van der Waals surface area contributed by atoms with Crippen LogP contribution in [0, 0.1) is 5.82 Å². The summed E-state index contributed by atoms with van der Waals surface area (Å²) in [6, 6.07) is 13.6. The van der Waals surface area contributed by atoms with Gasteiger partial charge in [0.25, 0.3) is 0 Å². The van der Waals surface area contributed by atoms with E-state index in [4.69, 9.17) is 0 Å². The van der Waals surface area contributed by atoms with Gasteiger partial charge < -0.3 is 0 Å². The zero-order chi connectivity index (χ0) is 11.8. The highest BCUT2D eigenvalue weighted by atomic mass is 32.2. The van der Waals surface area contributed by atoms with Crippen LogP contribution in [0.25, 0.3) is 0 Å². The minimum Gasteiger partial charge on any atom is -0.207 e. The highest BCUT2D eigenvalue weighted by Gasteiger charge is 2.20. The molecule has 86 valence electrons. The summed E-state index contributed by atoms with van der Waals surface area (Å²) in [6.45, 7) is 2.20. The van der Waals surface area contributed by atoms with Gasteiger partial charge in [-0.25, -0.2) is 4.39 Å². The number of halogens is 1. The number of benzene rings is 2. The molecule has 0 fully saturated rings. The molecule has 0 saturated heterocycles. The van der Waals surface area contributed by atoms with Crippen molar-refractivity contribution in [3.05, 3.63) is 65.0 Å². The van der Waals surface area contributed by atoms with Crippen LogP contribution in [0.4, 0.5) is 4.39 Å². The Balaban J connectivity index is 2.16. The van der Waals surface area contributed by atoms with E-state index in [9.17, 15) is 4.39 Å². The van der Waals surface area contributed by atoms with Gasteiger partial charge in [0.2, 0.25) is 0 Å². The van der Waals surface area contributed by atoms with E-state index >= 15 is 0 Å². The molecule has 17 heavy (non-hydrogen) atoms. The van der Waals surface area contributed by atoms with Gasteiger partial charge in [-0.2, -0.15) is 0 Å². The van der Waals surface area contributed by atoms with Crippen LogP contribution in [0.2, 0.25) is 0 Å². The second-order valence-corrected chi connectivity index (χ2v) is 5.41. The summed E-state index contributed by atoms with van der Waals surface area (Å²) < 4.78 is 13.3. The molecule has 0 bridgehead atoms. The van der Waals surface area contributed by atoms with Gasteiger partial charge in [-0.1, -0.05) is 31.2 Å². The summed E-state index contributed by atoms with van der Waals surface area (Å²) in [5.41, 5.74) is 3.73. The maximum Gasteiger partial charge on any atom is 0.123 e. The third-order valence-corrected chi connectivity index (χ3v) is 4.48. The minimum atomic E-state index is -0.137. The second-order valence-electron chi connectivity index (χ2n) is 4.39. The molecule has 2 heteroatoms. The van der Waals surface area contributed by atoms with E-state index in [2.05, 4.69) is 31.2 Å². The average Bonchev–Trinajstić information content (AvgIpc) is 2.48. The molecule has 2 aromatic carbocycles. The normalized spacial score (nSPS) is 18.1. The van der Waals surface area contributed by atoms with Crippen molar-refractivity contribution < 1.29 is 4.39 Å². The van der Waals surface area contributed by atoms with Crippen molar-refractivity contribution in [3.63, 3.8) is 0 Å². The molecule has 1 heterocycles. The second kappa shape index (κ2) is 4.19. The first kappa shape index (κ1) is 10.8. The molecule has 0 aliphatic carbocycles. The van der Waals surface area contributed by atoms with Crippen LogP contribution < -0.4 is 0 Å². The van der Waals surface area contributed by atoms with Gasteiger partial charge in [-0.3, -0.25) is 0 Å². The molecule has 1 aliphatic rings. The number of fused-ring (bicyclic) bond motifs is 2. The zero-order valence-corrected chi connectivity index (χ0v) is 10.4. The predicted molar refractivity (Wildman–Crippen MR) is 69.9 cm³/mol. The molecule has 0 radical (unpaired) electrons. The van der Waals surface area contributed by atoms with Gasteiger partial charge in [0.05, 0.1) is 0 Å². The Hall–Kier alpha value is -1.28. The van der Waals surface area contributed by atoms with Crippen LogP contribution in [0.3, 0.4) is 0 Å². The molecule has 0 saturated carbocycles. The standard InChI is InChI=1S/C15H13FS/c1-10-13-7-6-12(16)8-11(13)9-17-15-5-3-2-4-14(10)15/h2-8,10H,9H2,1H3/t10-/m1/s1. The van der Waals surface area contributed by atoms with Crippen LogP contribution >= 0.6 is 11.8 Å². The quantitative estimate of drug-likeness (QED) is 0.653. The van der Waals surface area contributed by atoms with Crippen molar-refractivity contribution in [1.29, 1.82) is 0 Å². The molecule has 0 spiro atoms. The summed E-state index contributed by atoms with van der Waals surface area (Å²) in [5, 5.41) is 0. The van der Waals surface area contributed by atoms with Crippen LogP contribution in [0.1, 0.15) is 29.5 Å². The van der Waals surface area contributed by atoms with Crippen molar-refractivity contribution in [1.82, 2.24) is 0 Å². The first-order chi connectivity index (χ1) is 8.25. The van der Waals surface area contributed by atoms with Gasteiger partial charge in [-0.05, 0) is 34.9 Å². The van der Waals surface area contributed by atoms with E-state index in [-0.39, 0.29) is 5.82 Å². The Bertz CT molecular complexity index is 563. The smallest absolute Gasteiger partial charge is 0.123 e. The summed E-state index contributed by atoms with van der Waals surface area (Å²) in [6.07, 6.45) is 0. The lowest BCUT2D eigenvalue weighted by molar-refractivity contribution is 0.625. The molecular weight excluding hydrogens is 231 g/mol. The third-order valence-electron chi connectivity index (χ3n) is 3.34. The van der Waals surface area contributed by atoms with Crippen molar-refractivity contribution in [3.8, 4) is 0 Å². The molecule has 1 aliphatic heterocycles. The average molecular weight is 244 g/mol. The summed E-state index contributed by atoms with van der Waals surface area (Å²) >= 11 is 1.80. The molecule has 0 amide bonds. The first-order valence-corrected chi connectivity index (χ1v) is 6.74. The van der Waals surface area contributed by atoms with E-state index in [1.54, 1.807) is 23.9 Å². The van der Waals surface area contributed by atoms with E-state index in [1.807, 2.05) is 6.07 Å². The molecule has 2 aromatic rings. The van der Waals surface area contributed by atoms with Gasteiger partial charge >= 0.3 is 0 Å². The summed E-state index contributed by atoms with van der Waals surface area (Å²) in [5.74, 6) is 1.06. The van der Waals surface area contributed by atoms with Gasteiger partial charge in [0, 0.05) is 16.6 Å². The Morgan fingerprint density at radius 3 is 2.82 bits per heavy atom. The van der Waals surface area contributed by atoms with Crippen LogP contribution in [0.15, 0.2) is 47.4 Å². The highest BCUT2D eigenvalue weighted by molar-refractivity contribution is 7.98. The maximum absolute atomic E-state index is 13.3. The molecule has 0 nitrogen and oxygen atoms in total. The van der Waals surface area contributed by atoms with Crippen LogP contribution in [0.5, 0.6) is 0 Å². The summed E-state index contributed by atoms with van der Waals surface area (Å²) in [4.78, 5) is 1.32. The topological polar surface area (TPSA) is 0 Å². The fourth-order valence-electron chi connectivity index (χ4n) is 2.41. The van der Waals surface area contributed by atoms with E-state index < -0.39 is 0 Å². The molecular formula is C15H13FS. The van der Waals surface area contributed by atoms with Gasteiger partial charge in [0.1, 0.15) is 5.82 Å². The molecule has 0 aromatic heterocycles. The monoisotopic (exact) mass is 244 g/mol. The Morgan fingerprint density at radius 2 is 1.94 bits per heavy atom. The van der Waals surface area contributed by atoms with E-state index in [0.29, 0.717) is 5.92 Å². The molecule has 0 unspecified atom stereocenters. The lowest BCUT2D eigenvalue weighted by Crippen LogP contribution is -1.99. The lowest BCUT2D eigenvalue weighted by atomic mass is 9.90. The predicted octanol–water partition coefficient (Wildman–Crippen LogP) is 4.58. The first-order valence-electron chi connectivity index (χ1n) is 5.76. The maximum atomic E-state index is 13.3. The molecule has 0 N–H and O–H groups in total. The van der Waals surface area contributed by atoms with Crippen molar-refractivity contribution >= 4 is 11.8 Å². The van der Waals surface area contributed by atoms with Crippen molar-refractivity contribution in [2.45, 2.75) is 23.5 Å². The minimum absolute atomic E-state index is 0.137. The highest BCUT2D eigenvalue weighted by Crippen LogP contribution is 2.40. The molecule has 3 rings (SSSR count). The number of rotatable bonds is 0. The summed E-state index contributed by atoms with van der Waals surface area (Å²) in [7, 11) is 0. The Kier molecular flexibility index (Phi) is 2.67. The number of hydrogen-bond acceptors (Lipinski definition) is 1. The largest absolute Gasteiger partial charge is 0.207 e. The number of thioether (sulfide) groups is 1. The van der Waals surface area contributed by atoms with Gasteiger partial charge in [-0.15, -0.1) is 11.8 Å². The third kappa shape index (κ3) is 1.87. The zero-order valence-electron chi connectivity index (χ0n) is 9.61. The van der Waals surface area contributed by atoms with Crippen molar-refractivity contribution in [2.75, 3.05) is 0 Å². The fraction of sp³-hybridized carbons (Fsp3) is 0.200. The van der Waals surface area contributed by atoms with Crippen LogP contribution in [-0.4, -0.2) is 0 Å². The Morgan fingerprint density at radius 1 is 1.12 bits per heavy atom. The van der Waals surface area contributed by atoms with Crippen molar-refractivity contribution in [2.24, 2.45) is 0 Å². The number of hydrogen-bond donors (Lipinski definition) is 0. The molecule has 1 atom stereocenters. The van der Waals surface area contributed by atoms with Crippen LogP contribution in [-0.2, 0) is 5.75 Å². The van der Waals surface area contributed by atoms with E-state index in [0.717, 1.165) is 11.3 Å². The fourth-order valence-corrected chi connectivity index (χ4v) is 3.56. The Labute approximate surface area is 105 Å².